The molecule has 0 radical (unpaired) electrons. The van der Waals surface area contributed by atoms with Gasteiger partial charge in [0.1, 0.15) is 12.4 Å². The van der Waals surface area contributed by atoms with Crippen LogP contribution in [0.2, 0.25) is 0 Å². The Morgan fingerprint density at radius 1 is 0.974 bits per heavy atom. The molecule has 0 bridgehead atoms. The fourth-order valence-electron chi connectivity index (χ4n) is 4.43. The molecule has 0 unspecified atom stereocenters. The van der Waals surface area contributed by atoms with Crippen molar-refractivity contribution in [1.29, 1.82) is 0 Å². The average molecular weight is 523 g/mol. The summed E-state index contributed by atoms with van der Waals surface area (Å²) < 4.78 is 5.26. The van der Waals surface area contributed by atoms with Crippen LogP contribution in [0.3, 0.4) is 0 Å². The Balaban J connectivity index is 1.23. The van der Waals surface area contributed by atoms with E-state index in [0.717, 1.165) is 16.7 Å². The number of benzene rings is 2. The Labute approximate surface area is 227 Å². The van der Waals surface area contributed by atoms with Gasteiger partial charge in [0.15, 0.2) is 0 Å². The van der Waals surface area contributed by atoms with Crippen LogP contribution in [-0.4, -0.2) is 39.6 Å². The van der Waals surface area contributed by atoms with Crippen LogP contribution in [0, 0.1) is 5.92 Å². The molecule has 2 amide bonds. The molecule has 1 fully saturated rings. The molecule has 0 spiro atoms. The summed E-state index contributed by atoms with van der Waals surface area (Å²) >= 11 is 0. The van der Waals surface area contributed by atoms with Crippen LogP contribution in [0.25, 0.3) is 11.1 Å². The molecule has 2 aromatic heterocycles. The van der Waals surface area contributed by atoms with Gasteiger partial charge >= 0.3 is 6.09 Å². The van der Waals surface area contributed by atoms with E-state index in [1.54, 1.807) is 35.5 Å². The van der Waals surface area contributed by atoms with E-state index in [0.29, 0.717) is 29.6 Å². The van der Waals surface area contributed by atoms with Crippen LogP contribution in [-0.2, 0) is 4.74 Å². The molecule has 1 aliphatic rings. The van der Waals surface area contributed by atoms with Crippen molar-refractivity contribution in [3.8, 4) is 11.1 Å². The van der Waals surface area contributed by atoms with Crippen LogP contribution in [0.1, 0.15) is 42.7 Å². The van der Waals surface area contributed by atoms with E-state index in [1.807, 2.05) is 31.2 Å². The van der Waals surface area contributed by atoms with E-state index >= 15 is 0 Å². The number of nitrogens with zero attached hydrogens (tertiary/aromatic N) is 4. The Kier molecular flexibility index (Phi) is 7.49. The van der Waals surface area contributed by atoms with Crippen LogP contribution < -0.4 is 15.5 Å². The maximum Gasteiger partial charge on any atom is 0.415 e. The molecule has 39 heavy (non-hydrogen) atoms. The van der Waals surface area contributed by atoms with Gasteiger partial charge in [0.25, 0.3) is 5.91 Å². The van der Waals surface area contributed by atoms with Crippen LogP contribution >= 0.6 is 0 Å². The zero-order valence-corrected chi connectivity index (χ0v) is 22.0. The molecule has 2 N–H and O–H groups in total. The number of anilines is 3. The van der Waals surface area contributed by atoms with E-state index in [9.17, 15) is 9.59 Å². The summed E-state index contributed by atoms with van der Waals surface area (Å²) in [6.07, 6.45) is 4.43. The lowest BCUT2D eigenvalue weighted by Crippen LogP contribution is -2.37. The molecular formula is C30H30N6O3. The molecule has 5 rings (SSSR count). The molecular weight excluding hydrogens is 492 g/mol. The van der Waals surface area contributed by atoms with E-state index in [4.69, 9.17) is 4.74 Å². The lowest BCUT2D eigenvalue weighted by atomic mass is 10.0. The summed E-state index contributed by atoms with van der Waals surface area (Å²) in [5, 5.41) is 6.22. The van der Waals surface area contributed by atoms with E-state index < -0.39 is 0 Å². The van der Waals surface area contributed by atoms with Gasteiger partial charge in [-0.05, 0) is 59.9 Å². The molecule has 0 aliphatic carbocycles. The molecule has 9 heteroatoms. The maximum atomic E-state index is 12.4. The highest BCUT2D eigenvalue weighted by atomic mass is 16.6. The van der Waals surface area contributed by atoms with E-state index in [1.165, 1.54) is 6.20 Å². The highest BCUT2D eigenvalue weighted by Gasteiger charge is 2.37. The second-order valence-corrected chi connectivity index (χ2v) is 9.76. The fraction of sp³-hybridized carbons (Fsp3) is 0.233. The third-order valence-corrected chi connectivity index (χ3v) is 6.72. The standard InChI is InChI=1S/C30H30N6O3/c1-19(2)26-18-39-30(38)36(26)27-14-16-32-29(35-27)33-20(3)21-6-8-22(9-7-21)23-10-12-25(13-11-23)34-28(37)24-5-4-15-31-17-24/h4-17,19-20,26H,18H2,1-3H3,(H,34,37)(H,32,33,35)/t20-,26+/m0/s1. The minimum atomic E-state index is -0.383. The summed E-state index contributed by atoms with van der Waals surface area (Å²) in [6.45, 7) is 6.50. The Bertz CT molecular complexity index is 1440. The fourth-order valence-corrected chi connectivity index (χ4v) is 4.43. The van der Waals surface area contributed by atoms with Gasteiger partial charge in [0.2, 0.25) is 5.95 Å². The van der Waals surface area contributed by atoms with Crippen molar-refractivity contribution in [3.05, 3.63) is 96.4 Å². The SMILES string of the molecule is CC(C)[C@H]1COC(=O)N1c1ccnc(N[C@@H](C)c2ccc(-c3ccc(NC(=O)c4cccnc4)cc3)cc2)n1. The Morgan fingerprint density at radius 2 is 1.69 bits per heavy atom. The normalized spacial score (nSPS) is 15.6. The molecule has 198 valence electrons. The number of carbonyl (C=O) groups is 2. The highest BCUT2D eigenvalue weighted by molar-refractivity contribution is 6.04. The first kappa shape index (κ1) is 25.8. The lowest BCUT2D eigenvalue weighted by molar-refractivity contribution is 0.102. The number of carbonyl (C=O) groups excluding carboxylic acids is 2. The summed E-state index contributed by atoms with van der Waals surface area (Å²) in [6, 6.07) is 21.0. The molecule has 2 atom stereocenters. The molecule has 1 saturated heterocycles. The minimum Gasteiger partial charge on any atom is -0.447 e. The summed E-state index contributed by atoms with van der Waals surface area (Å²) in [7, 11) is 0. The van der Waals surface area contributed by atoms with Crippen LogP contribution in [0.4, 0.5) is 22.2 Å². The van der Waals surface area contributed by atoms with Crippen molar-refractivity contribution in [3.63, 3.8) is 0 Å². The number of rotatable bonds is 8. The van der Waals surface area contributed by atoms with Gasteiger partial charge in [0.05, 0.1) is 17.6 Å². The Hall–Kier alpha value is -4.79. The van der Waals surface area contributed by atoms with Crippen molar-refractivity contribution < 1.29 is 14.3 Å². The van der Waals surface area contributed by atoms with E-state index in [2.05, 4.69) is 63.7 Å². The van der Waals surface area contributed by atoms with Crippen molar-refractivity contribution in [1.82, 2.24) is 15.0 Å². The largest absolute Gasteiger partial charge is 0.447 e. The number of aromatic nitrogens is 3. The number of hydrogen-bond acceptors (Lipinski definition) is 7. The number of cyclic esters (lactones) is 1. The van der Waals surface area contributed by atoms with Crippen LogP contribution in [0.5, 0.6) is 0 Å². The third-order valence-electron chi connectivity index (χ3n) is 6.72. The molecule has 2 aromatic carbocycles. The third kappa shape index (κ3) is 5.87. The Morgan fingerprint density at radius 3 is 2.36 bits per heavy atom. The van der Waals surface area contributed by atoms with Gasteiger partial charge in [-0.1, -0.05) is 50.2 Å². The van der Waals surface area contributed by atoms with Crippen molar-refractivity contribution in [2.75, 3.05) is 22.1 Å². The zero-order chi connectivity index (χ0) is 27.4. The number of amides is 2. The molecule has 3 heterocycles. The summed E-state index contributed by atoms with van der Waals surface area (Å²) in [5.41, 5.74) is 4.38. The predicted molar refractivity (Wildman–Crippen MR) is 151 cm³/mol. The highest BCUT2D eigenvalue weighted by Crippen LogP contribution is 2.28. The average Bonchev–Trinajstić information content (AvgIpc) is 3.36. The van der Waals surface area contributed by atoms with Crippen molar-refractivity contribution in [2.45, 2.75) is 32.9 Å². The summed E-state index contributed by atoms with van der Waals surface area (Å²) in [5.74, 6) is 1.00. The van der Waals surface area contributed by atoms with Gasteiger partial charge in [-0.25, -0.2) is 9.78 Å². The molecule has 1 aliphatic heterocycles. The monoisotopic (exact) mass is 522 g/mol. The predicted octanol–water partition coefficient (Wildman–Crippen LogP) is 5.95. The number of pyridine rings is 1. The molecule has 0 saturated carbocycles. The number of ether oxygens (including phenoxy) is 1. The van der Waals surface area contributed by atoms with Crippen molar-refractivity contribution >= 4 is 29.5 Å². The number of nitrogens with one attached hydrogen (secondary N) is 2. The maximum absolute atomic E-state index is 12.4. The first-order valence-corrected chi connectivity index (χ1v) is 12.9. The quantitative estimate of drug-likeness (QED) is 0.294. The number of hydrogen-bond donors (Lipinski definition) is 2. The molecule has 4 aromatic rings. The van der Waals surface area contributed by atoms with Crippen molar-refractivity contribution in [2.24, 2.45) is 5.92 Å². The second-order valence-electron chi connectivity index (χ2n) is 9.76. The van der Waals surface area contributed by atoms with Gasteiger partial charge in [-0.15, -0.1) is 0 Å². The second kappa shape index (κ2) is 11.3. The zero-order valence-electron chi connectivity index (χ0n) is 22.0. The first-order chi connectivity index (χ1) is 18.9. The van der Waals surface area contributed by atoms with Gasteiger partial charge in [-0.3, -0.25) is 14.7 Å². The van der Waals surface area contributed by atoms with Crippen LogP contribution in [0.15, 0.2) is 85.3 Å². The molecule has 9 nitrogen and oxygen atoms in total. The van der Waals surface area contributed by atoms with Gasteiger partial charge in [0, 0.05) is 24.3 Å². The lowest BCUT2D eigenvalue weighted by Gasteiger charge is -2.23. The first-order valence-electron chi connectivity index (χ1n) is 12.9. The summed E-state index contributed by atoms with van der Waals surface area (Å²) in [4.78, 5) is 39.2. The topological polar surface area (TPSA) is 109 Å². The smallest absolute Gasteiger partial charge is 0.415 e. The minimum absolute atomic E-state index is 0.0586. The van der Waals surface area contributed by atoms with Gasteiger partial charge < -0.3 is 15.4 Å². The van der Waals surface area contributed by atoms with Gasteiger partial charge in [-0.2, -0.15) is 4.98 Å². The van der Waals surface area contributed by atoms with E-state index in [-0.39, 0.29) is 30.0 Å².